The summed E-state index contributed by atoms with van der Waals surface area (Å²) in [5.41, 5.74) is 0. The van der Waals surface area contributed by atoms with Crippen molar-refractivity contribution in [3.63, 3.8) is 0 Å². The maximum Gasteiger partial charge on any atom is 0.334 e. The average Bonchev–Trinajstić information content (AvgIpc) is 2.30. The van der Waals surface area contributed by atoms with Crippen LogP contribution in [0.2, 0.25) is 0 Å². The van der Waals surface area contributed by atoms with E-state index in [1.165, 1.54) is 12.8 Å². The number of carbonyl (C=O) groups excluding carboxylic acids is 2. The predicted molar refractivity (Wildman–Crippen MR) is 72.5 cm³/mol. The third-order valence-corrected chi connectivity index (χ3v) is 2.17. The van der Waals surface area contributed by atoms with Crippen LogP contribution in [0.5, 0.6) is 0 Å². The highest BCUT2D eigenvalue weighted by atomic mass is 16.6. The third-order valence-electron chi connectivity index (χ3n) is 2.17. The van der Waals surface area contributed by atoms with E-state index < -0.39 is 6.10 Å². The van der Waals surface area contributed by atoms with Gasteiger partial charge in [0, 0.05) is 13.0 Å². The molecule has 4 nitrogen and oxygen atoms in total. The summed E-state index contributed by atoms with van der Waals surface area (Å²) in [5, 5.41) is 0. The molecule has 0 bridgehead atoms. The molecule has 0 heterocycles. The normalized spacial score (nSPS) is 11.2. The van der Waals surface area contributed by atoms with Gasteiger partial charge in [-0.05, 0) is 34.1 Å². The smallest absolute Gasteiger partial charge is 0.334 e. The lowest BCUT2D eigenvalue weighted by molar-refractivity contribution is -0.155. The Balaban J connectivity index is 0. The van der Waals surface area contributed by atoms with Crippen LogP contribution >= 0.6 is 0 Å². The molecule has 0 aliphatic rings. The molecule has 0 aromatic heterocycles. The van der Waals surface area contributed by atoms with Crippen LogP contribution in [0.25, 0.3) is 0 Å². The van der Waals surface area contributed by atoms with Crippen LogP contribution in [0.1, 0.15) is 60.3 Å². The Hall–Kier alpha value is -0.900. The third kappa shape index (κ3) is 15.1. The molecule has 0 saturated carbocycles. The lowest BCUT2D eigenvalue weighted by atomic mass is 10.2. The minimum absolute atomic E-state index is 0.288. The van der Waals surface area contributed by atoms with Gasteiger partial charge in [0.25, 0.3) is 0 Å². The number of Topliss-reactive ketones (excluding diaryl/α,β-unsaturated/α-hetero) is 1. The van der Waals surface area contributed by atoms with Gasteiger partial charge in [0.15, 0.2) is 6.10 Å². The molecule has 1 atom stereocenters. The van der Waals surface area contributed by atoms with Gasteiger partial charge in [-0.25, -0.2) is 4.79 Å². The molecule has 18 heavy (non-hydrogen) atoms. The summed E-state index contributed by atoms with van der Waals surface area (Å²) in [6, 6.07) is 0. The monoisotopic (exact) mass is 260 g/mol. The fraction of sp³-hybridized carbons (Fsp3) is 0.857. The van der Waals surface area contributed by atoms with Crippen molar-refractivity contribution in [2.24, 2.45) is 0 Å². The second kappa shape index (κ2) is 14.2. The average molecular weight is 260 g/mol. The van der Waals surface area contributed by atoms with Gasteiger partial charge in [-0.1, -0.05) is 19.8 Å². The van der Waals surface area contributed by atoms with Crippen LogP contribution in [0.3, 0.4) is 0 Å². The van der Waals surface area contributed by atoms with Crippen molar-refractivity contribution < 1.29 is 19.1 Å². The highest BCUT2D eigenvalue weighted by Gasteiger charge is 2.12. The van der Waals surface area contributed by atoms with E-state index >= 15 is 0 Å². The van der Waals surface area contributed by atoms with Gasteiger partial charge in [0.1, 0.15) is 5.78 Å². The molecule has 0 aliphatic carbocycles. The summed E-state index contributed by atoms with van der Waals surface area (Å²) in [6.07, 6.45) is 3.82. The first-order valence-corrected chi connectivity index (χ1v) is 6.77. The molecule has 4 heteroatoms. The molecule has 0 radical (unpaired) electrons. The highest BCUT2D eigenvalue weighted by molar-refractivity contribution is 5.75. The van der Waals surface area contributed by atoms with Crippen molar-refractivity contribution in [3.8, 4) is 0 Å². The van der Waals surface area contributed by atoms with Gasteiger partial charge >= 0.3 is 5.97 Å². The Labute approximate surface area is 111 Å². The van der Waals surface area contributed by atoms with Crippen LogP contribution in [-0.4, -0.2) is 31.1 Å². The molecule has 0 rings (SSSR count). The van der Waals surface area contributed by atoms with E-state index in [4.69, 9.17) is 9.47 Å². The Morgan fingerprint density at radius 1 is 1.06 bits per heavy atom. The zero-order valence-corrected chi connectivity index (χ0v) is 12.5. The zero-order chi connectivity index (χ0) is 14.4. The molecule has 1 unspecified atom stereocenters. The topological polar surface area (TPSA) is 52.6 Å². The van der Waals surface area contributed by atoms with Crippen LogP contribution in [0.15, 0.2) is 0 Å². The van der Waals surface area contributed by atoms with E-state index in [9.17, 15) is 9.59 Å². The minimum Gasteiger partial charge on any atom is -0.464 e. The molecule has 0 amide bonds. The van der Waals surface area contributed by atoms with Crippen molar-refractivity contribution in [2.45, 2.75) is 66.4 Å². The van der Waals surface area contributed by atoms with Crippen molar-refractivity contribution in [3.05, 3.63) is 0 Å². The molecular formula is C14H28O4. The van der Waals surface area contributed by atoms with Crippen molar-refractivity contribution in [2.75, 3.05) is 13.2 Å². The number of rotatable bonds is 8. The standard InChI is InChI=1S/C7H14O3.C7H14O/c1-4-9-6(3)7(8)10-5-2;1-3-4-5-6-7(2)8/h6H,4-5H2,1-3H3;3-6H2,1-2H3. The summed E-state index contributed by atoms with van der Waals surface area (Å²) >= 11 is 0. The molecule has 0 aromatic rings. The molecule has 0 N–H and O–H groups in total. The lowest BCUT2D eigenvalue weighted by Crippen LogP contribution is -2.23. The van der Waals surface area contributed by atoms with E-state index in [0.717, 1.165) is 12.8 Å². The quantitative estimate of drug-likeness (QED) is 0.497. The number of unbranched alkanes of at least 4 members (excludes halogenated alkanes) is 2. The van der Waals surface area contributed by atoms with Gasteiger partial charge in [-0.3, -0.25) is 0 Å². The highest BCUT2D eigenvalue weighted by Crippen LogP contribution is 1.98. The maximum atomic E-state index is 10.8. The van der Waals surface area contributed by atoms with Crippen LogP contribution in [0.4, 0.5) is 0 Å². The number of ether oxygens (including phenoxy) is 2. The van der Waals surface area contributed by atoms with Crippen molar-refractivity contribution in [1.29, 1.82) is 0 Å². The van der Waals surface area contributed by atoms with E-state index in [1.807, 2.05) is 6.92 Å². The van der Waals surface area contributed by atoms with E-state index in [0.29, 0.717) is 19.0 Å². The molecule has 0 fully saturated rings. The fourth-order valence-electron chi connectivity index (χ4n) is 1.20. The van der Waals surface area contributed by atoms with Crippen molar-refractivity contribution in [1.82, 2.24) is 0 Å². The van der Waals surface area contributed by atoms with Gasteiger partial charge in [-0.2, -0.15) is 0 Å². The lowest BCUT2D eigenvalue weighted by Gasteiger charge is -2.08. The largest absolute Gasteiger partial charge is 0.464 e. The van der Waals surface area contributed by atoms with Crippen molar-refractivity contribution >= 4 is 11.8 Å². The van der Waals surface area contributed by atoms with E-state index in [2.05, 4.69) is 6.92 Å². The van der Waals surface area contributed by atoms with Crippen LogP contribution < -0.4 is 0 Å². The molecule has 108 valence electrons. The summed E-state index contributed by atoms with van der Waals surface area (Å²) in [7, 11) is 0. The molecular weight excluding hydrogens is 232 g/mol. The first-order valence-electron chi connectivity index (χ1n) is 6.77. The molecule has 0 saturated heterocycles. The van der Waals surface area contributed by atoms with Gasteiger partial charge in [0.2, 0.25) is 0 Å². The summed E-state index contributed by atoms with van der Waals surface area (Å²) in [5.74, 6) is 0.0304. The number of ketones is 1. The predicted octanol–water partition coefficient (Wildman–Crippen LogP) is 3.13. The first-order chi connectivity index (χ1) is 8.49. The number of hydrogen-bond acceptors (Lipinski definition) is 4. The van der Waals surface area contributed by atoms with Gasteiger partial charge in [-0.15, -0.1) is 0 Å². The molecule has 0 aliphatic heterocycles. The Morgan fingerprint density at radius 2 is 1.67 bits per heavy atom. The summed E-state index contributed by atoms with van der Waals surface area (Å²) in [6.45, 7) is 10.0. The number of esters is 1. The Kier molecular flexibility index (Phi) is 15.3. The first kappa shape index (κ1) is 19.4. The minimum atomic E-state index is -0.426. The second-order valence-electron chi connectivity index (χ2n) is 4.01. The van der Waals surface area contributed by atoms with Crippen LogP contribution in [0, 0.1) is 0 Å². The maximum absolute atomic E-state index is 10.8. The molecule has 0 aromatic carbocycles. The van der Waals surface area contributed by atoms with Crippen LogP contribution in [-0.2, 0) is 19.1 Å². The fourth-order valence-corrected chi connectivity index (χ4v) is 1.20. The number of carbonyl (C=O) groups is 2. The van der Waals surface area contributed by atoms with E-state index in [-0.39, 0.29) is 5.97 Å². The summed E-state index contributed by atoms with van der Waals surface area (Å²) in [4.78, 5) is 21.1. The van der Waals surface area contributed by atoms with Gasteiger partial charge in [0.05, 0.1) is 6.61 Å². The second-order valence-corrected chi connectivity index (χ2v) is 4.01. The zero-order valence-electron chi connectivity index (χ0n) is 12.5. The SMILES string of the molecule is CCCCCC(C)=O.CCOC(=O)C(C)OCC. The molecule has 0 spiro atoms. The summed E-state index contributed by atoms with van der Waals surface area (Å²) < 4.78 is 9.67. The Morgan fingerprint density at radius 3 is 2.06 bits per heavy atom. The van der Waals surface area contributed by atoms with E-state index in [1.54, 1.807) is 20.8 Å². The number of hydrogen-bond donors (Lipinski definition) is 0. The van der Waals surface area contributed by atoms with Gasteiger partial charge < -0.3 is 14.3 Å². The Bertz CT molecular complexity index is 214.